The average Bonchev–Trinajstić information content (AvgIpc) is 3.07. The van der Waals surface area contributed by atoms with Gasteiger partial charge in [-0.25, -0.2) is 0 Å². The lowest BCUT2D eigenvalue weighted by Gasteiger charge is -2.07. The second kappa shape index (κ2) is 10.0. The summed E-state index contributed by atoms with van der Waals surface area (Å²) in [7, 11) is 3.17. The van der Waals surface area contributed by atoms with Crippen molar-refractivity contribution in [3.63, 3.8) is 0 Å². The summed E-state index contributed by atoms with van der Waals surface area (Å²) in [5.41, 5.74) is 0.784. The van der Waals surface area contributed by atoms with Crippen molar-refractivity contribution in [2.45, 2.75) is 24.1 Å². The molecule has 0 saturated heterocycles. The summed E-state index contributed by atoms with van der Waals surface area (Å²) in [5.74, 6) is 2.07. The predicted octanol–water partition coefficient (Wildman–Crippen LogP) is 4.10. The number of amides is 1. The Morgan fingerprint density at radius 2 is 2.16 bits per heavy atom. The molecule has 0 saturated carbocycles. The zero-order valence-corrected chi connectivity index (χ0v) is 16.1. The maximum Gasteiger partial charge on any atom is 0.250 e. The fraction of sp³-hybridized carbons (Fsp3) is 0.353. The van der Waals surface area contributed by atoms with Gasteiger partial charge in [-0.2, -0.15) is 0 Å². The topological polar surface area (TPSA) is 73.3 Å². The Balaban J connectivity index is 1.94. The van der Waals surface area contributed by atoms with Gasteiger partial charge in [-0.05, 0) is 24.6 Å². The molecule has 0 bridgehead atoms. The summed E-state index contributed by atoms with van der Waals surface area (Å²) in [5, 5.41) is 11.3. The number of carbonyl (C=O) groups is 1. The molecule has 0 aliphatic carbocycles. The highest BCUT2D eigenvalue weighted by Gasteiger charge is 2.07. The van der Waals surface area contributed by atoms with Gasteiger partial charge in [0, 0.05) is 23.5 Å². The van der Waals surface area contributed by atoms with Gasteiger partial charge in [-0.15, -0.1) is 10.2 Å². The minimum absolute atomic E-state index is 0.265. The van der Waals surface area contributed by atoms with Gasteiger partial charge in [0.25, 0.3) is 0 Å². The SMILES string of the molecule is CCCCSc1nnc(NC(=O)/C=C/c2ccc(OC)cc2OC)s1. The quantitative estimate of drug-likeness (QED) is 0.306. The molecule has 0 aliphatic rings. The summed E-state index contributed by atoms with van der Waals surface area (Å²) in [6.45, 7) is 2.15. The molecule has 1 N–H and O–H groups in total. The van der Waals surface area contributed by atoms with E-state index in [0.29, 0.717) is 16.6 Å². The van der Waals surface area contributed by atoms with Crippen LogP contribution in [0.25, 0.3) is 6.08 Å². The summed E-state index contributed by atoms with van der Waals surface area (Å²) in [6, 6.07) is 5.40. The van der Waals surface area contributed by atoms with Crippen LogP contribution in [0, 0.1) is 0 Å². The highest BCUT2D eigenvalue weighted by molar-refractivity contribution is 8.01. The number of rotatable bonds is 9. The molecule has 1 heterocycles. The smallest absolute Gasteiger partial charge is 0.250 e. The van der Waals surface area contributed by atoms with Crippen molar-refractivity contribution in [1.82, 2.24) is 10.2 Å². The number of ether oxygens (including phenoxy) is 2. The lowest BCUT2D eigenvalue weighted by molar-refractivity contribution is -0.111. The molecule has 1 aromatic heterocycles. The molecule has 8 heteroatoms. The highest BCUT2D eigenvalue weighted by atomic mass is 32.2. The van der Waals surface area contributed by atoms with Crippen LogP contribution in [0.3, 0.4) is 0 Å². The Kier molecular flexibility index (Phi) is 7.75. The van der Waals surface area contributed by atoms with E-state index in [-0.39, 0.29) is 5.91 Å². The zero-order chi connectivity index (χ0) is 18.1. The number of thioether (sulfide) groups is 1. The molecule has 0 radical (unpaired) electrons. The normalized spacial score (nSPS) is 10.8. The van der Waals surface area contributed by atoms with Crippen LogP contribution >= 0.6 is 23.1 Å². The lowest BCUT2D eigenvalue weighted by atomic mass is 10.1. The number of hydrogen-bond donors (Lipinski definition) is 1. The third-order valence-corrected chi connectivity index (χ3v) is 5.27. The van der Waals surface area contributed by atoms with Crippen molar-refractivity contribution >= 4 is 40.2 Å². The van der Waals surface area contributed by atoms with Gasteiger partial charge >= 0.3 is 0 Å². The van der Waals surface area contributed by atoms with Crippen LogP contribution in [-0.2, 0) is 4.79 Å². The predicted molar refractivity (Wildman–Crippen MR) is 103 cm³/mol. The second-order valence-corrected chi connectivity index (χ2v) is 7.33. The van der Waals surface area contributed by atoms with E-state index in [0.717, 1.165) is 28.5 Å². The van der Waals surface area contributed by atoms with Crippen LogP contribution in [0.1, 0.15) is 25.3 Å². The first-order valence-corrected chi connectivity index (χ1v) is 9.64. The summed E-state index contributed by atoms with van der Waals surface area (Å²) in [4.78, 5) is 12.0. The van der Waals surface area contributed by atoms with Crippen LogP contribution in [0.15, 0.2) is 28.6 Å². The number of aromatic nitrogens is 2. The van der Waals surface area contributed by atoms with Crippen molar-refractivity contribution in [2.24, 2.45) is 0 Å². The zero-order valence-electron chi connectivity index (χ0n) is 14.4. The van der Waals surface area contributed by atoms with E-state index >= 15 is 0 Å². The van der Waals surface area contributed by atoms with E-state index in [1.165, 1.54) is 17.4 Å². The van der Waals surface area contributed by atoms with E-state index < -0.39 is 0 Å². The van der Waals surface area contributed by atoms with E-state index in [9.17, 15) is 4.79 Å². The Morgan fingerprint density at radius 3 is 2.88 bits per heavy atom. The van der Waals surface area contributed by atoms with Crippen molar-refractivity contribution in [2.75, 3.05) is 25.3 Å². The number of carbonyl (C=O) groups excluding carboxylic acids is 1. The average molecular weight is 380 g/mol. The molecule has 2 rings (SSSR count). The van der Waals surface area contributed by atoms with Crippen LogP contribution in [0.5, 0.6) is 11.5 Å². The van der Waals surface area contributed by atoms with Crippen molar-refractivity contribution in [3.8, 4) is 11.5 Å². The number of hydrogen-bond acceptors (Lipinski definition) is 7. The van der Waals surface area contributed by atoms with E-state index in [4.69, 9.17) is 9.47 Å². The molecule has 1 aromatic carbocycles. The fourth-order valence-corrected chi connectivity index (χ4v) is 3.80. The summed E-state index contributed by atoms with van der Waals surface area (Å²) in [6.07, 6.45) is 5.41. The Bertz CT molecular complexity index is 732. The first kappa shape index (κ1) is 19.3. The van der Waals surface area contributed by atoms with Gasteiger partial charge in [0.05, 0.1) is 14.2 Å². The van der Waals surface area contributed by atoms with Gasteiger partial charge < -0.3 is 9.47 Å². The van der Waals surface area contributed by atoms with Gasteiger partial charge in [-0.1, -0.05) is 36.4 Å². The molecule has 0 atom stereocenters. The first-order chi connectivity index (χ1) is 12.2. The van der Waals surface area contributed by atoms with Crippen LogP contribution in [-0.4, -0.2) is 36.1 Å². The van der Waals surface area contributed by atoms with Crippen LogP contribution in [0.2, 0.25) is 0 Å². The Hall–Kier alpha value is -2.06. The molecule has 1 amide bonds. The number of nitrogens with zero attached hydrogens (tertiary/aromatic N) is 2. The highest BCUT2D eigenvalue weighted by Crippen LogP contribution is 2.27. The third-order valence-electron chi connectivity index (χ3n) is 3.21. The van der Waals surface area contributed by atoms with Gasteiger partial charge in [0.2, 0.25) is 11.0 Å². The molecule has 6 nitrogen and oxygen atoms in total. The van der Waals surface area contributed by atoms with Gasteiger partial charge in [-0.3, -0.25) is 10.1 Å². The van der Waals surface area contributed by atoms with E-state index in [1.807, 2.05) is 12.1 Å². The van der Waals surface area contributed by atoms with E-state index in [2.05, 4.69) is 22.4 Å². The molecule has 0 unspecified atom stereocenters. The number of methoxy groups -OCH3 is 2. The van der Waals surface area contributed by atoms with Crippen LogP contribution in [0.4, 0.5) is 5.13 Å². The molecule has 0 spiro atoms. The summed E-state index contributed by atoms with van der Waals surface area (Å²) >= 11 is 3.04. The second-order valence-electron chi connectivity index (χ2n) is 5.01. The molecule has 2 aromatic rings. The third kappa shape index (κ3) is 6.06. The number of unbranched alkanes of at least 4 members (excludes halogenated alkanes) is 1. The summed E-state index contributed by atoms with van der Waals surface area (Å²) < 4.78 is 11.3. The number of nitrogens with one attached hydrogen (secondary N) is 1. The van der Waals surface area contributed by atoms with Crippen LogP contribution < -0.4 is 14.8 Å². The minimum Gasteiger partial charge on any atom is -0.497 e. The standard InChI is InChI=1S/C17H21N3O3S2/c1-4-5-10-24-17-20-19-16(25-17)18-15(21)9-7-12-6-8-13(22-2)11-14(12)23-3/h6-9,11H,4-5,10H2,1-3H3,(H,18,19,21)/b9-7+. The van der Waals surface area contributed by atoms with E-state index in [1.54, 1.807) is 38.1 Å². The lowest BCUT2D eigenvalue weighted by Crippen LogP contribution is -2.07. The van der Waals surface area contributed by atoms with Gasteiger partial charge in [0.1, 0.15) is 11.5 Å². The molecular formula is C17H21N3O3S2. The molecule has 0 fully saturated rings. The fourth-order valence-electron chi connectivity index (χ4n) is 1.89. The molecule has 134 valence electrons. The maximum absolute atomic E-state index is 12.0. The Morgan fingerprint density at radius 1 is 1.32 bits per heavy atom. The van der Waals surface area contributed by atoms with Crippen molar-refractivity contribution in [1.29, 1.82) is 0 Å². The van der Waals surface area contributed by atoms with Crippen molar-refractivity contribution < 1.29 is 14.3 Å². The number of anilines is 1. The van der Waals surface area contributed by atoms with Crippen molar-refractivity contribution in [3.05, 3.63) is 29.8 Å². The first-order valence-electron chi connectivity index (χ1n) is 7.83. The molecular weight excluding hydrogens is 358 g/mol. The minimum atomic E-state index is -0.265. The molecule has 0 aliphatic heterocycles. The maximum atomic E-state index is 12.0. The largest absolute Gasteiger partial charge is 0.497 e. The Labute approximate surface area is 155 Å². The van der Waals surface area contributed by atoms with Gasteiger partial charge in [0.15, 0.2) is 4.34 Å². The number of benzene rings is 1. The monoisotopic (exact) mass is 379 g/mol. The molecule has 25 heavy (non-hydrogen) atoms.